The first-order chi connectivity index (χ1) is 22.9. The van der Waals surface area contributed by atoms with Gasteiger partial charge < -0.3 is 0 Å². The van der Waals surface area contributed by atoms with E-state index in [2.05, 4.69) is 37.9 Å². The van der Waals surface area contributed by atoms with Crippen molar-refractivity contribution in [2.75, 3.05) is 0 Å². The SMILES string of the molecule is Fc1c(F)c(-c2ccc(-c3sc(-c4c(F)c(F)c(Sc5ccc(S)cc5)c(F)c4F)cc3CS)s2)c(F)c(F)c1Sc1ccc(S)cc1. The molecule has 0 aliphatic heterocycles. The Balaban J connectivity index is 1.36. The van der Waals surface area contributed by atoms with E-state index >= 15 is 35.1 Å². The predicted molar refractivity (Wildman–Crippen MR) is 186 cm³/mol. The van der Waals surface area contributed by atoms with Gasteiger partial charge in [0.1, 0.15) is 0 Å². The Hall–Kier alpha value is -2.53. The molecule has 0 fully saturated rings. The summed E-state index contributed by atoms with van der Waals surface area (Å²) < 4.78 is 122. The zero-order chi connectivity index (χ0) is 34.4. The number of hydrogen-bond donors (Lipinski definition) is 3. The zero-order valence-electron chi connectivity index (χ0n) is 23.6. The van der Waals surface area contributed by atoms with Gasteiger partial charge in [0.05, 0.1) is 20.9 Å². The van der Waals surface area contributed by atoms with Gasteiger partial charge in [0.2, 0.25) is 0 Å². The lowest BCUT2D eigenvalue weighted by Gasteiger charge is -2.11. The number of hydrogen-bond acceptors (Lipinski definition) is 7. The highest BCUT2D eigenvalue weighted by molar-refractivity contribution is 7.99. The topological polar surface area (TPSA) is 0 Å². The second-order valence-electron chi connectivity index (χ2n) is 9.90. The maximum absolute atomic E-state index is 15.4. The van der Waals surface area contributed by atoms with Gasteiger partial charge in [-0.1, -0.05) is 23.5 Å². The van der Waals surface area contributed by atoms with Gasteiger partial charge in [-0.2, -0.15) is 12.6 Å². The molecule has 0 spiro atoms. The van der Waals surface area contributed by atoms with Gasteiger partial charge in [-0.3, -0.25) is 0 Å². The summed E-state index contributed by atoms with van der Waals surface area (Å²) in [5.41, 5.74) is -1.48. The summed E-state index contributed by atoms with van der Waals surface area (Å²) in [5.74, 6) is -12.7. The fraction of sp³-hybridized carbons (Fsp3) is 0.0303. The van der Waals surface area contributed by atoms with E-state index in [9.17, 15) is 0 Å². The molecule has 0 saturated carbocycles. The summed E-state index contributed by atoms with van der Waals surface area (Å²) in [4.78, 5) is 0.375. The van der Waals surface area contributed by atoms with Crippen LogP contribution in [-0.4, -0.2) is 0 Å². The molecular weight excluding hydrogens is 773 g/mol. The minimum absolute atomic E-state index is 0.00837. The molecule has 48 heavy (non-hydrogen) atoms. The first kappa shape index (κ1) is 35.3. The normalized spacial score (nSPS) is 11.5. The number of benzene rings is 4. The molecule has 15 heteroatoms. The molecule has 0 radical (unpaired) electrons. The van der Waals surface area contributed by atoms with Crippen LogP contribution in [-0.2, 0) is 5.75 Å². The summed E-state index contributed by atoms with van der Waals surface area (Å²) in [7, 11) is 0. The molecule has 0 N–H and O–H groups in total. The molecule has 0 aliphatic rings. The summed E-state index contributed by atoms with van der Waals surface area (Å²) in [6.45, 7) is 0. The molecule has 2 heterocycles. The fourth-order valence-electron chi connectivity index (χ4n) is 4.57. The smallest absolute Gasteiger partial charge is 0.176 e. The molecule has 0 nitrogen and oxygen atoms in total. The number of halogens is 8. The summed E-state index contributed by atoms with van der Waals surface area (Å²) in [5, 5.41) is 0. The third-order valence-electron chi connectivity index (χ3n) is 6.86. The molecule has 0 aliphatic carbocycles. The van der Waals surface area contributed by atoms with E-state index in [0.29, 0.717) is 58.4 Å². The van der Waals surface area contributed by atoms with E-state index in [0.717, 1.165) is 22.7 Å². The van der Waals surface area contributed by atoms with E-state index in [1.54, 1.807) is 24.3 Å². The van der Waals surface area contributed by atoms with Crippen molar-refractivity contribution in [3.05, 3.63) is 119 Å². The Morgan fingerprint density at radius 2 is 0.875 bits per heavy atom. The summed E-state index contributed by atoms with van der Waals surface area (Å²) in [6, 6.07) is 16.1. The molecule has 2 aromatic heterocycles. The van der Waals surface area contributed by atoms with E-state index in [-0.39, 0.29) is 15.5 Å². The Morgan fingerprint density at radius 3 is 1.29 bits per heavy atom. The molecule has 6 rings (SSSR count). The van der Waals surface area contributed by atoms with Crippen molar-refractivity contribution >= 4 is 84.1 Å². The minimum Gasteiger partial charge on any atom is -0.203 e. The monoisotopic (exact) mass is 788 g/mol. The maximum Gasteiger partial charge on any atom is 0.176 e. The van der Waals surface area contributed by atoms with Crippen LogP contribution in [0.15, 0.2) is 96.1 Å². The van der Waals surface area contributed by atoms with Crippen LogP contribution in [0.3, 0.4) is 0 Å². The Labute approximate surface area is 301 Å². The molecule has 6 aromatic rings. The van der Waals surface area contributed by atoms with Gasteiger partial charge >= 0.3 is 0 Å². The van der Waals surface area contributed by atoms with Crippen molar-refractivity contribution in [1.29, 1.82) is 0 Å². The first-order valence-corrected chi connectivity index (χ1v) is 18.2. The highest BCUT2D eigenvalue weighted by Gasteiger charge is 2.30. The van der Waals surface area contributed by atoms with E-state index in [1.165, 1.54) is 42.5 Å². The van der Waals surface area contributed by atoms with E-state index in [1.807, 2.05) is 0 Å². The van der Waals surface area contributed by atoms with Crippen LogP contribution in [0.5, 0.6) is 0 Å². The van der Waals surface area contributed by atoms with Crippen molar-refractivity contribution in [3.63, 3.8) is 0 Å². The van der Waals surface area contributed by atoms with Crippen molar-refractivity contribution < 1.29 is 35.1 Å². The number of thiol groups is 3. The highest BCUT2D eigenvalue weighted by Crippen LogP contribution is 2.48. The van der Waals surface area contributed by atoms with Gasteiger partial charge in [0.25, 0.3) is 0 Å². The summed E-state index contributed by atoms with van der Waals surface area (Å²) in [6.07, 6.45) is 0. The largest absolute Gasteiger partial charge is 0.203 e. The average Bonchev–Trinajstić information content (AvgIpc) is 3.73. The van der Waals surface area contributed by atoms with Crippen molar-refractivity contribution in [1.82, 2.24) is 0 Å². The lowest BCUT2D eigenvalue weighted by atomic mass is 10.1. The molecule has 246 valence electrons. The predicted octanol–water partition coefficient (Wildman–Crippen LogP) is 13.2. The van der Waals surface area contributed by atoms with Crippen LogP contribution in [0.25, 0.3) is 30.6 Å². The fourth-order valence-corrected chi connectivity index (χ4v) is 9.36. The number of thiophene rings is 2. The Bertz CT molecular complexity index is 2120. The minimum atomic E-state index is -1.61. The van der Waals surface area contributed by atoms with Crippen LogP contribution >= 0.6 is 84.1 Å². The first-order valence-electron chi connectivity index (χ1n) is 13.4. The zero-order valence-corrected chi connectivity index (χ0v) is 29.5. The lowest BCUT2D eigenvalue weighted by Crippen LogP contribution is -2.01. The van der Waals surface area contributed by atoms with Crippen molar-refractivity contribution in [3.8, 4) is 30.6 Å². The summed E-state index contributed by atoms with van der Waals surface area (Å²) >= 11 is 15.1. The third kappa shape index (κ3) is 6.66. The molecule has 4 aromatic carbocycles. The van der Waals surface area contributed by atoms with Crippen molar-refractivity contribution in [2.45, 2.75) is 35.1 Å². The average molecular weight is 789 g/mol. The molecule has 0 unspecified atom stereocenters. The molecule has 0 bridgehead atoms. The van der Waals surface area contributed by atoms with E-state index in [4.69, 9.17) is 0 Å². The third-order valence-corrected chi connectivity index (χ3v) is 12.4. The van der Waals surface area contributed by atoms with Gasteiger partial charge in [0.15, 0.2) is 46.5 Å². The van der Waals surface area contributed by atoms with Gasteiger partial charge in [0, 0.05) is 44.8 Å². The van der Waals surface area contributed by atoms with Crippen LogP contribution in [0.2, 0.25) is 0 Å². The van der Waals surface area contributed by atoms with Crippen LogP contribution in [0.1, 0.15) is 5.56 Å². The Kier molecular flexibility index (Phi) is 10.6. The Morgan fingerprint density at radius 1 is 0.479 bits per heavy atom. The quantitative estimate of drug-likeness (QED) is 0.0798. The van der Waals surface area contributed by atoms with E-state index < -0.39 is 67.5 Å². The van der Waals surface area contributed by atoms with Crippen LogP contribution in [0, 0.1) is 46.5 Å². The highest BCUT2D eigenvalue weighted by atomic mass is 32.2. The molecule has 0 amide bonds. The van der Waals surface area contributed by atoms with Crippen LogP contribution in [0.4, 0.5) is 35.1 Å². The van der Waals surface area contributed by atoms with Gasteiger partial charge in [-0.05, 0) is 72.3 Å². The molecule has 0 atom stereocenters. The van der Waals surface area contributed by atoms with Gasteiger partial charge in [-0.15, -0.1) is 47.9 Å². The second-order valence-corrected chi connectivity index (χ2v) is 15.6. The number of rotatable bonds is 8. The molecular formula is C33H16F8S7. The van der Waals surface area contributed by atoms with Gasteiger partial charge in [-0.25, -0.2) is 35.1 Å². The maximum atomic E-state index is 15.4. The molecule has 0 saturated heterocycles. The second kappa shape index (κ2) is 14.4. The van der Waals surface area contributed by atoms with Crippen molar-refractivity contribution in [2.24, 2.45) is 0 Å². The lowest BCUT2D eigenvalue weighted by molar-refractivity contribution is 0.430. The van der Waals surface area contributed by atoms with Crippen LogP contribution < -0.4 is 0 Å². The standard InChI is InChI=1S/C33H16F8S7/c34-23-21(24(35)28(39)32(27(23)38)45-16-5-1-14(43)2-6-16)18-9-10-19(47-18)31-13(12-42)11-20(48-31)22-25(36)29(40)33(30(41)26(22)37)46-17-7-3-15(44)4-8-17/h1-11,42-44H,12H2.